The summed E-state index contributed by atoms with van der Waals surface area (Å²) < 4.78 is 0. The second-order valence-corrected chi connectivity index (χ2v) is 7.20. The monoisotopic (exact) mass is 356 g/mol. The number of carbonyl (C=O) groups excluding carboxylic acids is 1. The lowest BCUT2D eigenvalue weighted by molar-refractivity contribution is 0.0776. The molecule has 1 amide bonds. The van der Waals surface area contributed by atoms with Crippen LogP contribution in [-0.4, -0.2) is 22.3 Å². The molecule has 27 heavy (non-hydrogen) atoms. The molecule has 0 aliphatic carbocycles. The minimum absolute atomic E-state index is 0.178. The van der Waals surface area contributed by atoms with Crippen LogP contribution in [0.3, 0.4) is 0 Å². The number of pyridine rings is 1. The number of benzene rings is 2. The summed E-state index contributed by atoms with van der Waals surface area (Å²) in [4.78, 5) is 18.9. The number of fused-ring (bicyclic) bond motifs is 1. The van der Waals surface area contributed by atoms with Crippen molar-refractivity contribution in [1.29, 1.82) is 0 Å². The fourth-order valence-corrected chi connectivity index (χ4v) is 3.68. The lowest BCUT2D eigenvalue weighted by Gasteiger charge is -2.14. The number of hydrogen-bond donors (Lipinski definition) is 0. The Kier molecular flexibility index (Phi) is 5.01. The number of nitrogens with zero attached hydrogens (tertiary/aromatic N) is 2. The molecule has 0 saturated heterocycles. The minimum atomic E-state index is 0.178. The predicted molar refractivity (Wildman–Crippen MR) is 109 cm³/mol. The van der Waals surface area contributed by atoms with E-state index in [4.69, 9.17) is 0 Å². The minimum Gasteiger partial charge on any atom is -0.334 e. The molecule has 4 rings (SSSR count). The second kappa shape index (κ2) is 7.75. The lowest BCUT2D eigenvalue weighted by Crippen LogP contribution is -2.24. The number of rotatable bonds is 6. The zero-order valence-electron chi connectivity index (χ0n) is 15.7. The molecule has 3 heteroatoms. The zero-order valence-corrected chi connectivity index (χ0v) is 15.7. The summed E-state index contributed by atoms with van der Waals surface area (Å²) in [7, 11) is 0. The van der Waals surface area contributed by atoms with Gasteiger partial charge in [-0.1, -0.05) is 55.8 Å². The van der Waals surface area contributed by atoms with Gasteiger partial charge in [-0.3, -0.25) is 9.78 Å². The van der Waals surface area contributed by atoms with Gasteiger partial charge in [0.05, 0.1) is 0 Å². The van der Waals surface area contributed by atoms with Gasteiger partial charge in [-0.25, -0.2) is 0 Å². The van der Waals surface area contributed by atoms with Crippen molar-refractivity contribution < 1.29 is 4.79 Å². The third-order valence-electron chi connectivity index (χ3n) is 5.14. The van der Waals surface area contributed by atoms with Crippen LogP contribution in [0.5, 0.6) is 0 Å². The van der Waals surface area contributed by atoms with Gasteiger partial charge in [-0.15, -0.1) is 0 Å². The van der Waals surface area contributed by atoms with E-state index in [1.54, 1.807) is 0 Å². The summed E-state index contributed by atoms with van der Waals surface area (Å²) in [6.45, 7) is 3.75. The van der Waals surface area contributed by atoms with E-state index < -0.39 is 0 Å². The Morgan fingerprint density at radius 2 is 1.81 bits per heavy atom. The molecule has 0 bridgehead atoms. The fourth-order valence-electron chi connectivity index (χ4n) is 3.68. The molecular weight excluding hydrogens is 332 g/mol. The first-order chi connectivity index (χ1) is 13.2. The van der Waals surface area contributed by atoms with Gasteiger partial charge in [-0.2, -0.15) is 0 Å². The third kappa shape index (κ3) is 3.77. The van der Waals surface area contributed by atoms with Gasteiger partial charge in [-0.05, 0) is 47.2 Å². The van der Waals surface area contributed by atoms with Crippen LogP contribution in [0.1, 0.15) is 46.8 Å². The molecule has 0 saturated carbocycles. The van der Waals surface area contributed by atoms with Crippen LogP contribution in [-0.2, 0) is 13.0 Å². The van der Waals surface area contributed by atoms with E-state index in [2.05, 4.69) is 42.2 Å². The van der Waals surface area contributed by atoms with Gasteiger partial charge in [0.1, 0.15) is 0 Å². The first-order valence-electron chi connectivity index (χ1n) is 9.65. The van der Waals surface area contributed by atoms with E-state index in [0.717, 1.165) is 49.0 Å². The number of carbonyl (C=O) groups is 1. The molecule has 0 unspecified atom stereocenters. The SMILES string of the molecule is CCCCN1Cc2cc(Cc3cncc(-c4ccccc4)c3)ccc2C1=O. The van der Waals surface area contributed by atoms with Crippen molar-refractivity contribution in [3.63, 3.8) is 0 Å². The van der Waals surface area contributed by atoms with Crippen molar-refractivity contribution >= 4 is 5.91 Å². The molecule has 136 valence electrons. The normalized spacial score (nSPS) is 13.1. The maximum Gasteiger partial charge on any atom is 0.254 e. The van der Waals surface area contributed by atoms with Gasteiger partial charge >= 0.3 is 0 Å². The highest BCUT2D eigenvalue weighted by atomic mass is 16.2. The van der Waals surface area contributed by atoms with Crippen LogP contribution in [0.4, 0.5) is 0 Å². The highest BCUT2D eigenvalue weighted by Crippen LogP contribution is 2.26. The Hall–Kier alpha value is -2.94. The number of amides is 1. The van der Waals surface area contributed by atoms with Crippen LogP contribution in [0.15, 0.2) is 67.0 Å². The van der Waals surface area contributed by atoms with Crippen molar-refractivity contribution in [2.45, 2.75) is 32.7 Å². The van der Waals surface area contributed by atoms with Crippen molar-refractivity contribution in [2.75, 3.05) is 6.54 Å². The first-order valence-corrected chi connectivity index (χ1v) is 9.65. The van der Waals surface area contributed by atoms with Gasteiger partial charge in [0, 0.05) is 36.6 Å². The largest absolute Gasteiger partial charge is 0.334 e. The molecule has 0 spiro atoms. The Bertz CT molecular complexity index is 950. The number of aromatic nitrogens is 1. The third-order valence-corrected chi connectivity index (χ3v) is 5.14. The molecule has 3 aromatic rings. The smallest absolute Gasteiger partial charge is 0.254 e. The van der Waals surface area contributed by atoms with Gasteiger partial charge in [0.15, 0.2) is 0 Å². The number of unbranched alkanes of at least 4 members (excludes halogenated alkanes) is 1. The summed E-state index contributed by atoms with van der Waals surface area (Å²) in [5, 5.41) is 0. The Morgan fingerprint density at radius 3 is 2.63 bits per heavy atom. The second-order valence-electron chi connectivity index (χ2n) is 7.20. The summed E-state index contributed by atoms with van der Waals surface area (Å²) in [5.74, 6) is 0.178. The van der Waals surface area contributed by atoms with Crippen molar-refractivity contribution in [3.05, 3.63) is 89.2 Å². The molecule has 2 aromatic carbocycles. The number of hydrogen-bond acceptors (Lipinski definition) is 2. The zero-order chi connectivity index (χ0) is 18.6. The summed E-state index contributed by atoms with van der Waals surface area (Å²) >= 11 is 0. The summed E-state index contributed by atoms with van der Waals surface area (Å²) in [6, 6.07) is 18.8. The topological polar surface area (TPSA) is 33.2 Å². The maximum absolute atomic E-state index is 12.5. The molecule has 1 aliphatic heterocycles. The van der Waals surface area contributed by atoms with Crippen LogP contribution >= 0.6 is 0 Å². The fraction of sp³-hybridized carbons (Fsp3) is 0.250. The molecule has 0 N–H and O–H groups in total. The van der Waals surface area contributed by atoms with Crippen molar-refractivity contribution in [3.8, 4) is 11.1 Å². The van der Waals surface area contributed by atoms with Crippen molar-refractivity contribution in [2.24, 2.45) is 0 Å². The molecule has 1 aromatic heterocycles. The van der Waals surface area contributed by atoms with Crippen LogP contribution < -0.4 is 0 Å². The van der Waals surface area contributed by atoms with Gasteiger partial charge < -0.3 is 4.90 Å². The summed E-state index contributed by atoms with van der Waals surface area (Å²) in [5.41, 5.74) is 6.74. The molecule has 0 atom stereocenters. The average molecular weight is 356 g/mol. The van der Waals surface area contributed by atoms with Crippen LogP contribution in [0.2, 0.25) is 0 Å². The standard InChI is InChI=1S/C24H24N2O/c1-2-3-11-26-17-22-13-18(9-10-23(22)24(26)27)12-19-14-21(16-25-15-19)20-7-5-4-6-8-20/h4-10,13-16H,2-3,11-12,17H2,1H3. The molecular formula is C24H24N2O. The quantitative estimate of drug-likeness (QED) is 0.616. The van der Waals surface area contributed by atoms with E-state index in [-0.39, 0.29) is 5.91 Å². The van der Waals surface area contributed by atoms with E-state index in [9.17, 15) is 4.79 Å². The van der Waals surface area contributed by atoms with E-state index >= 15 is 0 Å². The predicted octanol–water partition coefficient (Wildman–Crippen LogP) is 5.10. The maximum atomic E-state index is 12.5. The Balaban J connectivity index is 1.53. The molecule has 2 heterocycles. The highest BCUT2D eigenvalue weighted by Gasteiger charge is 2.26. The van der Waals surface area contributed by atoms with Gasteiger partial charge in [0.2, 0.25) is 0 Å². The Morgan fingerprint density at radius 1 is 0.963 bits per heavy atom. The average Bonchev–Trinajstić information content (AvgIpc) is 3.02. The molecule has 1 aliphatic rings. The molecule has 0 radical (unpaired) electrons. The molecule has 3 nitrogen and oxygen atoms in total. The van der Waals surface area contributed by atoms with E-state index in [1.807, 2.05) is 41.6 Å². The first kappa shape index (κ1) is 17.5. The van der Waals surface area contributed by atoms with Crippen molar-refractivity contribution in [1.82, 2.24) is 9.88 Å². The lowest BCUT2D eigenvalue weighted by atomic mass is 9.99. The van der Waals surface area contributed by atoms with Crippen LogP contribution in [0.25, 0.3) is 11.1 Å². The van der Waals surface area contributed by atoms with Crippen LogP contribution in [0, 0.1) is 0 Å². The summed E-state index contributed by atoms with van der Waals surface area (Å²) in [6.07, 6.45) is 6.83. The van der Waals surface area contributed by atoms with Gasteiger partial charge in [0.25, 0.3) is 5.91 Å². The molecule has 0 fully saturated rings. The Labute approximate surface area is 160 Å². The van der Waals surface area contributed by atoms with E-state index in [0.29, 0.717) is 0 Å². The van der Waals surface area contributed by atoms with E-state index in [1.165, 1.54) is 16.7 Å². The highest BCUT2D eigenvalue weighted by molar-refractivity contribution is 5.98.